The van der Waals surface area contributed by atoms with Gasteiger partial charge in [-0.25, -0.2) is 0 Å². The van der Waals surface area contributed by atoms with Crippen LogP contribution in [0.3, 0.4) is 0 Å². The van der Waals surface area contributed by atoms with Gasteiger partial charge in [0.1, 0.15) is 0 Å². The number of hydrogen-bond acceptors (Lipinski definition) is 2. The van der Waals surface area contributed by atoms with Crippen LogP contribution in [0, 0.1) is 0 Å². The molecule has 0 saturated carbocycles. The molecule has 0 aromatic heterocycles. The Labute approximate surface area is 173 Å². The van der Waals surface area contributed by atoms with E-state index in [1.807, 2.05) is 30.3 Å². The molecule has 4 nitrogen and oxygen atoms in total. The monoisotopic (exact) mass is 412 g/mol. The summed E-state index contributed by atoms with van der Waals surface area (Å²) in [4.78, 5) is 25.1. The van der Waals surface area contributed by atoms with Gasteiger partial charge in [0, 0.05) is 12.1 Å². The minimum Gasteiger partial charge on any atom is -0.352 e. The molecular formula is C22H18Cl2N2O2. The minimum atomic E-state index is -0.372. The predicted molar refractivity (Wildman–Crippen MR) is 113 cm³/mol. The van der Waals surface area contributed by atoms with E-state index in [1.165, 1.54) is 6.07 Å². The molecule has 3 aromatic carbocycles. The molecule has 0 aliphatic heterocycles. The number of amides is 2. The van der Waals surface area contributed by atoms with Gasteiger partial charge in [-0.2, -0.15) is 0 Å². The first-order chi connectivity index (χ1) is 13.5. The molecule has 0 unspecified atom stereocenters. The van der Waals surface area contributed by atoms with E-state index < -0.39 is 0 Å². The zero-order valence-corrected chi connectivity index (χ0v) is 16.4. The molecule has 142 valence electrons. The molecule has 0 bridgehead atoms. The molecule has 0 heterocycles. The number of benzene rings is 3. The number of nitrogens with one attached hydrogen (secondary N) is 2. The van der Waals surface area contributed by atoms with Crippen LogP contribution in [0.2, 0.25) is 10.0 Å². The second kappa shape index (κ2) is 9.40. The molecule has 0 atom stereocenters. The summed E-state index contributed by atoms with van der Waals surface area (Å²) in [6, 6.07) is 21.4. The average Bonchev–Trinajstić information content (AvgIpc) is 2.71. The SMILES string of the molecule is O=C(Nc1ccccc1C(=O)NCCc1ccccc1)c1ccc(Cl)c(Cl)c1. The van der Waals surface area contributed by atoms with E-state index in [-0.39, 0.29) is 11.8 Å². The Morgan fingerprint density at radius 2 is 1.50 bits per heavy atom. The average molecular weight is 413 g/mol. The van der Waals surface area contributed by atoms with E-state index in [1.54, 1.807) is 36.4 Å². The Kier molecular flexibility index (Phi) is 6.69. The summed E-state index contributed by atoms with van der Waals surface area (Å²) >= 11 is 11.9. The Balaban J connectivity index is 1.67. The molecule has 3 aromatic rings. The van der Waals surface area contributed by atoms with Crippen molar-refractivity contribution in [3.8, 4) is 0 Å². The van der Waals surface area contributed by atoms with Crippen molar-refractivity contribution < 1.29 is 9.59 Å². The molecule has 6 heteroatoms. The molecule has 0 aliphatic rings. The molecular weight excluding hydrogens is 395 g/mol. The number of para-hydroxylation sites is 1. The highest BCUT2D eigenvalue weighted by Crippen LogP contribution is 2.23. The zero-order chi connectivity index (χ0) is 19.9. The number of rotatable bonds is 6. The fraction of sp³-hybridized carbons (Fsp3) is 0.0909. The third-order valence-corrected chi connectivity index (χ3v) is 4.88. The summed E-state index contributed by atoms with van der Waals surface area (Å²) in [7, 11) is 0. The predicted octanol–water partition coefficient (Wildman–Crippen LogP) is 5.22. The van der Waals surface area contributed by atoms with E-state index in [0.29, 0.717) is 33.4 Å². The van der Waals surface area contributed by atoms with Crippen LogP contribution in [0.1, 0.15) is 26.3 Å². The second-order valence-electron chi connectivity index (χ2n) is 6.12. The molecule has 0 fully saturated rings. The number of halogens is 2. The van der Waals surface area contributed by atoms with Crippen molar-refractivity contribution in [2.75, 3.05) is 11.9 Å². The van der Waals surface area contributed by atoms with Crippen LogP contribution in [0.25, 0.3) is 0 Å². The van der Waals surface area contributed by atoms with Crippen molar-refractivity contribution in [1.29, 1.82) is 0 Å². The van der Waals surface area contributed by atoms with Crippen molar-refractivity contribution >= 4 is 40.7 Å². The lowest BCUT2D eigenvalue weighted by atomic mass is 10.1. The van der Waals surface area contributed by atoms with Gasteiger partial charge in [0.2, 0.25) is 0 Å². The molecule has 0 spiro atoms. The van der Waals surface area contributed by atoms with Gasteiger partial charge in [0.15, 0.2) is 0 Å². The largest absolute Gasteiger partial charge is 0.352 e. The molecule has 3 rings (SSSR count). The maximum Gasteiger partial charge on any atom is 0.255 e. The van der Waals surface area contributed by atoms with E-state index in [4.69, 9.17) is 23.2 Å². The van der Waals surface area contributed by atoms with Gasteiger partial charge in [-0.05, 0) is 42.3 Å². The molecule has 0 radical (unpaired) electrons. The fourth-order valence-corrected chi connectivity index (χ4v) is 2.98. The molecule has 2 N–H and O–H groups in total. The van der Waals surface area contributed by atoms with Crippen molar-refractivity contribution in [3.63, 3.8) is 0 Å². The topological polar surface area (TPSA) is 58.2 Å². The number of carbonyl (C=O) groups excluding carboxylic acids is 2. The van der Waals surface area contributed by atoms with Crippen LogP contribution in [-0.4, -0.2) is 18.4 Å². The normalized spacial score (nSPS) is 10.4. The van der Waals surface area contributed by atoms with Crippen LogP contribution < -0.4 is 10.6 Å². The first kappa shape index (κ1) is 19.9. The summed E-state index contributed by atoms with van der Waals surface area (Å²) in [5.74, 6) is -0.621. The lowest BCUT2D eigenvalue weighted by molar-refractivity contribution is 0.0955. The maximum absolute atomic E-state index is 12.6. The molecule has 0 saturated heterocycles. The van der Waals surface area contributed by atoms with Crippen molar-refractivity contribution in [2.24, 2.45) is 0 Å². The lowest BCUT2D eigenvalue weighted by Gasteiger charge is -2.12. The molecule has 2 amide bonds. The summed E-state index contributed by atoms with van der Waals surface area (Å²) in [5, 5.41) is 6.31. The second-order valence-corrected chi connectivity index (χ2v) is 6.93. The van der Waals surface area contributed by atoms with Gasteiger partial charge in [-0.15, -0.1) is 0 Å². The number of anilines is 1. The van der Waals surface area contributed by atoms with Crippen LogP contribution in [0.15, 0.2) is 72.8 Å². The summed E-state index contributed by atoms with van der Waals surface area (Å²) in [6.07, 6.45) is 0.727. The van der Waals surface area contributed by atoms with Crippen LogP contribution in [0.4, 0.5) is 5.69 Å². The van der Waals surface area contributed by atoms with Gasteiger partial charge in [-0.3, -0.25) is 9.59 Å². The Morgan fingerprint density at radius 3 is 2.25 bits per heavy atom. The summed E-state index contributed by atoms with van der Waals surface area (Å²) in [5.41, 5.74) is 2.32. The van der Waals surface area contributed by atoms with Gasteiger partial charge < -0.3 is 10.6 Å². The first-order valence-corrected chi connectivity index (χ1v) is 9.48. The highest BCUT2D eigenvalue weighted by Gasteiger charge is 2.14. The Morgan fingerprint density at radius 1 is 0.786 bits per heavy atom. The first-order valence-electron chi connectivity index (χ1n) is 8.72. The maximum atomic E-state index is 12.6. The molecule has 28 heavy (non-hydrogen) atoms. The smallest absolute Gasteiger partial charge is 0.255 e. The standard InChI is InChI=1S/C22H18Cl2N2O2/c23-18-11-10-16(14-19(18)24)21(27)26-20-9-5-4-8-17(20)22(28)25-13-12-15-6-2-1-3-7-15/h1-11,14H,12-13H2,(H,25,28)(H,26,27). The Bertz CT molecular complexity index is 991. The van der Waals surface area contributed by atoms with E-state index >= 15 is 0 Å². The summed E-state index contributed by atoms with van der Waals surface area (Å²) in [6.45, 7) is 0.498. The highest BCUT2D eigenvalue weighted by atomic mass is 35.5. The van der Waals surface area contributed by atoms with Crippen LogP contribution >= 0.6 is 23.2 Å². The highest BCUT2D eigenvalue weighted by molar-refractivity contribution is 6.42. The Hall–Kier alpha value is -2.82. The van der Waals surface area contributed by atoms with E-state index in [2.05, 4.69) is 10.6 Å². The van der Waals surface area contributed by atoms with Crippen molar-refractivity contribution in [1.82, 2.24) is 5.32 Å². The summed E-state index contributed by atoms with van der Waals surface area (Å²) < 4.78 is 0. The van der Waals surface area contributed by atoms with Gasteiger partial charge >= 0.3 is 0 Å². The number of hydrogen-bond donors (Lipinski definition) is 2. The van der Waals surface area contributed by atoms with Crippen molar-refractivity contribution in [3.05, 3.63) is 99.5 Å². The molecule has 0 aliphatic carbocycles. The van der Waals surface area contributed by atoms with E-state index in [0.717, 1.165) is 12.0 Å². The van der Waals surface area contributed by atoms with Crippen molar-refractivity contribution in [2.45, 2.75) is 6.42 Å². The van der Waals surface area contributed by atoms with Gasteiger partial charge in [0.25, 0.3) is 11.8 Å². The minimum absolute atomic E-state index is 0.249. The van der Waals surface area contributed by atoms with Gasteiger partial charge in [-0.1, -0.05) is 65.7 Å². The fourth-order valence-electron chi connectivity index (χ4n) is 2.68. The quantitative estimate of drug-likeness (QED) is 0.582. The van der Waals surface area contributed by atoms with Crippen LogP contribution in [0.5, 0.6) is 0 Å². The number of carbonyl (C=O) groups is 2. The van der Waals surface area contributed by atoms with E-state index in [9.17, 15) is 9.59 Å². The third-order valence-electron chi connectivity index (χ3n) is 4.14. The lowest BCUT2D eigenvalue weighted by Crippen LogP contribution is -2.27. The third kappa shape index (κ3) is 5.12. The van der Waals surface area contributed by atoms with Gasteiger partial charge in [0.05, 0.1) is 21.3 Å². The zero-order valence-electron chi connectivity index (χ0n) is 14.9. The van der Waals surface area contributed by atoms with Crippen LogP contribution in [-0.2, 0) is 6.42 Å².